The summed E-state index contributed by atoms with van der Waals surface area (Å²) in [4.78, 5) is 15.1. The molecule has 0 aromatic heterocycles. The van der Waals surface area contributed by atoms with E-state index in [-0.39, 0.29) is 11.8 Å². The molecule has 1 amide bonds. The van der Waals surface area contributed by atoms with E-state index in [2.05, 4.69) is 66.1 Å². The molecule has 0 fully saturated rings. The molecule has 32 heavy (non-hydrogen) atoms. The van der Waals surface area contributed by atoms with Gasteiger partial charge >= 0.3 is 0 Å². The minimum absolute atomic E-state index is 0.0681. The fourth-order valence-corrected chi connectivity index (χ4v) is 4.76. The van der Waals surface area contributed by atoms with E-state index in [1.807, 2.05) is 50.5 Å². The molecule has 0 N–H and O–H groups in total. The van der Waals surface area contributed by atoms with Crippen LogP contribution < -0.4 is 4.90 Å². The fourth-order valence-electron chi connectivity index (χ4n) is 4.76. The number of nitrogens with zero attached hydrogens (tertiary/aromatic N) is 3. The predicted molar refractivity (Wildman–Crippen MR) is 130 cm³/mol. The molecule has 1 aliphatic heterocycles. The number of benzene rings is 3. The van der Waals surface area contributed by atoms with Crippen molar-refractivity contribution < 1.29 is 4.79 Å². The normalized spacial score (nSPS) is 21.2. The van der Waals surface area contributed by atoms with E-state index in [9.17, 15) is 4.79 Å². The third kappa shape index (κ3) is 2.91. The Kier molecular flexibility index (Phi) is 4.78. The van der Waals surface area contributed by atoms with Gasteiger partial charge in [-0.2, -0.15) is 5.10 Å². The zero-order valence-electron chi connectivity index (χ0n) is 18.3. The predicted octanol–water partition coefficient (Wildman–Crippen LogP) is 5.09. The van der Waals surface area contributed by atoms with Crippen LogP contribution in [-0.4, -0.2) is 30.7 Å². The lowest BCUT2D eigenvalue weighted by Crippen LogP contribution is -2.52. The van der Waals surface area contributed by atoms with E-state index < -0.39 is 5.54 Å². The van der Waals surface area contributed by atoms with Gasteiger partial charge in [0.2, 0.25) is 0 Å². The zero-order chi connectivity index (χ0) is 22.3. The van der Waals surface area contributed by atoms with Gasteiger partial charge in [-0.15, -0.1) is 0 Å². The molecule has 158 valence electrons. The first-order valence-electron chi connectivity index (χ1n) is 10.7. The number of rotatable bonds is 5. The van der Waals surface area contributed by atoms with Crippen LogP contribution in [-0.2, 0) is 10.3 Å². The fraction of sp³-hybridized carbons (Fsp3) is 0.143. The number of anilines is 1. The summed E-state index contributed by atoms with van der Waals surface area (Å²) in [6.07, 6.45) is 3.54. The maximum Gasteiger partial charge on any atom is 0.267 e. The van der Waals surface area contributed by atoms with Crippen molar-refractivity contribution in [1.29, 1.82) is 0 Å². The molecule has 1 heterocycles. The molecular formula is C28H25N3O. The number of carbonyl (C=O) groups excluding carboxylic acids is 1. The topological polar surface area (TPSA) is 35.9 Å². The Labute approximate surface area is 188 Å². The van der Waals surface area contributed by atoms with Gasteiger partial charge in [0.15, 0.2) is 0 Å². The van der Waals surface area contributed by atoms with Crippen LogP contribution in [0.15, 0.2) is 109 Å². The number of hydrogen-bond donors (Lipinski definition) is 0. The highest BCUT2D eigenvalue weighted by Crippen LogP contribution is 2.58. The third-order valence-corrected chi connectivity index (χ3v) is 6.36. The Morgan fingerprint density at radius 1 is 0.938 bits per heavy atom. The number of carbonyl (C=O) groups is 1. The summed E-state index contributed by atoms with van der Waals surface area (Å²) in [5.41, 5.74) is 5.78. The monoisotopic (exact) mass is 419 g/mol. The van der Waals surface area contributed by atoms with Gasteiger partial charge in [-0.05, 0) is 46.5 Å². The molecule has 4 heteroatoms. The number of amides is 1. The average molecular weight is 420 g/mol. The van der Waals surface area contributed by atoms with E-state index in [0.29, 0.717) is 0 Å². The summed E-state index contributed by atoms with van der Waals surface area (Å²) in [6.45, 7) is 3.73. The lowest BCUT2D eigenvalue weighted by atomic mass is 9.60. The van der Waals surface area contributed by atoms with E-state index in [0.717, 1.165) is 28.1 Å². The minimum atomic E-state index is -0.659. The molecule has 5 rings (SSSR count). The second kappa shape index (κ2) is 7.65. The molecule has 0 bridgehead atoms. The standard InChI is InChI=1S/C28H25N3O/c1-4-25(32)31-28(22-13-9-6-10-14-22)19-24(20-15-17-23(18-16-20)30(2)3)26(28)27(29-31)21-11-7-5-8-12-21/h4-19,26H,1H2,2-3H3. The van der Waals surface area contributed by atoms with Crippen molar-refractivity contribution in [3.05, 3.63) is 120 Å². The lowest BCUT2D eigenvalue weighted by molar-refractivity contribution is -0.131. The molecule has 1 aliphatic carbocycles. The van der Waals surface area contributed by atoms with Crippen molar-refractivity contribution in [3.63, 3.8) is 0 Å². The summed E-state index contributed by atoms with van der Waals surface area (Å²) in [6, 6.07) is 28.8. The van der Waals surface area contributed by atoms with Gasteiger partial charge in [0.25, 0.3) is 5.91 Å². The second-order valence-corrected chi connectivity index (χ2v) is 8.37. The SMILES string of the molecule is C=CC(=O)N1N=C(c2ccccc2)C2C(c3ccc(N(C)C)cc3)=CC21c1ccccc1. The molecule has 3 aromatic carbocycles. The summed E-state index contributed by atoms with van der Waals surface area (Å²) in [5, 5.41) is 6.50. The van der Waals surface area contributed by atoms with Crippen LogP contribution in [0.4, 0.5) is 5.69 Å². The number of hydrazone groups is 1. The van der Waals surface area contributed by atoms with Gasteiger partial charge in [-0.1, -0.05) is 79.4 Å². The Morgan fingerprint density at radius 2 is 1.56 bits per heavy atom. The van der Waals surface area contributed by atoms with Crippen molar-refractivity contribution in [1.82, 2.24) is 5.01 Å². The van der Waals surface area contributed by atoms with Crippen molar-refractivity contribution in [2.24, 2.45) is 11.0 Å². The van der Waals surface area contributed by atoms with Crippen molar-refractivity contribution in [2.45, 2.75) is 5.54 Å². The Balaban J connectivity index is 1.70. The maximum atomic E-state index is 13.0. The maximum absolute atomic E-state index is 13.0. The molecule has 3 aromatic rings. The number of hydrogen-bond acceptors (Lipinski definition) is 3. The van der Waals surface area contributed by atoms with Crippen LogP contribution in [0, 0.1) is 5.92 Å². The van der Waals surface area contributed by atoms with Gasteiger partial charge in [0.1, 0.15) is 5.54 Å². The van der Waals surface area contributed by atoms with Gasteiger partial charge < -0.3 is 4.90 Å². The number of fused-ring (bicyclic) bond motifs is 1. The average Bonchev–Trinajstić information content (AvgIpc) is 3.09. The van der Waals surface area contributed by atoms with E-state index in [1.165, 1.54) is 11.6 Å². The van der Waals surface area contributed by atoms with Crippen LogP contribution in [0.1, 0.15) is 16.7 Å². The lowest BCUT2D eigenvalue weighted by Gasteiger charge is -2.47. The Bertz CT molecular complexity index is 1230. The summed E-state index contributed by atoms with van der Waals surface area (Å²) in [5.74, 6) is -0.274. The van der Waals surface area contributed by atoms with E-state index >= 15 is 0 Å². The van der Waals surface area contributed by atoms with Crippen molar-refractivity contribution >= 4 is 22.9 Å². The smallest absolute Gasteiger partial charge is 0.267 e. The summed E-state index contributed by atoms with van der Waals surface area (Å²) >= 11 is 0. The Morgan fingerprint density at radius 3 is 2.16 bits per heavy atom. The van der Waals surface area contributed by atoms with Gasteiger partial charge in [-0.25, -0.2) is 5.01 Å². The van der Waals surface area contributed by atoms with Crippen LogP contribution in [0.3, 0.4) is 0 Å². The second-order valence-electron chi connectivity index (χ2n) is 8.37. The van der Waals surface area contributed by atoms with Crippen LogP contribution in [0.2, 0.25) is 0 Å². The van der Waals surface area contributed by atoms with Gasteiger partial charge in [0, 0.05) is 19.8 Å². The quantitative estimate of drug-likeness (QED) is 0.540. The minimum Gasteiger partial charge on any atom is -0.378 e. The van der Waals surface area contributed by atoms with Crippen molar-refractivity contribution in [3.8, 4) is 0 Å². The van der Waals surface area contributed by atoms with Crippen LogP contribution in [0.25, 0.3) is 5.57 Å². The third-order valence-electron chi connectivity index (χ3n) is 6.36. The molecule has 2 atom stereocenters. The van der Waals surface area contributed by atoms with E-state index in [4.69, 9.17) is 5.10 Å². The molecule has 0 spiro atoms. The molecule has 2 aliphatic rings. The highest BCUT2D eigenvalue weighted by atomic mass is 16.2. The summed E-state index contributed by atoms with van der Waals surface area (Å²) < 4.78 is 0. The molecule has 2 unspecified atom stereocenters. The first-order valence-corrected chi connectivity index (χ1v) is 10.7. The molecule has 4 nitrogen and oxygen atoms in total. The molecular weight excluding hydrogens is 394 g/mol. The van der Waals surface area contributed by atoms with Gasteiger partial charge in [-0.3, -0.25) is 4.79 Å². The highest BCUT2D eigenvalue weighted by Gasteiger charge is 2.60. The van der Waals surface area contributed by atoms with E-state index in [1.54, 1.807) is 5.01 Å². The zero-order valence-corrected chi connectivity index (χ0v) is 18.3. The molecule has 0 saturated heterocycles. The van der Waals surface area contributed by atoms with Crippen LogP contribution in [0.5, 0.6) is 0 Å². The molecule has 0 radical (unpaired) electrons. The molecule has 0 saturated carbocycles. The van der Waals surface area contributed by atoms with Gasteiger partial charge in [0.05, 0.1) is 11.6 Å². The van der Waals surface area contributed by atoms with Crippen LogP contribution >= 0.6 is 0 Å². The highest BCUT2D eigenvalue weighted by molar-refractivity contribution is 6.15. The largest absolute Gasteiger partial charge is 0.378 e. The first-order chi connectivity index (χ1) is 15.6. The Hall–Kier alpha value is -3.92. The van der Waals surface area contributed by atoms with Crippen molar-refractivity contribution in [2.75, 3.05) is 19.0 Å². The summed E-state index contributed by atoms with van der Waals surface area (Å²) in [7, 11) is 4.07. The first kappa shape index (κ1) is 20.0.